The van der Waals surface area contributed by atoms with E-state index < -0.39 is 8.56 Å². The number of nitriles is 1. The first kappa shape index (κ1) is 13.4. The molecule has 0 aliphatic carbocycles. The molecule has 0 aliphatic rings. The minimum atomic E-state index is -1.99. The fourth-order valence-corrected chi connectivity index (χ4v) is 3.69. The molecule has 0 bridgehead atoms. The average molecular weight is 217 g/mol. The Hall–Kier alpha value is -0.573. The summed E-state index contributed by atoms with van der Waals surface area (Å²) in [6.45, 7) is 7.81. The molecule has 0 saturated carbocycles. The first-order valence-corrected chi connectivity index (χ1v) is 7.49. The summed E-state index contributed by atoms with van der Waals surface area (Å²) in [5.41, 5.74) is 0. The van der Waals surface area contributed by atoms with Gasteiger partial charge in [-0.2, -0.15) is 5.26 Å². The molecule has 0 rings (SSSR count). The number of hydrogen-bond donors (Lipinski definition) is 0. The van der Waals surface area contributed by atoms with Gasteiger partial charge in [-0.25, -0.2) is 0 Å². The monoisotopic (exact) mass is 217 g/mol. The molecule has 0 amide bonds. The van der Waals surface area contributed by atoms with Gasteiger partial charge in [-0.15, -0.1) is 0 Å². The van der Waals surface area contributed by atoms with E-state index in [4.69, 9.17) is 14.1 Å². The summed E-state index contributed by atoms with van der Waals surface area (Å²) in [6.07, 6.45) is 2.47. The van der Waals surface area contributed by atoms with Crippen molar-refractivity contribution >= 4 is 8.56 Å². The lowest BCUT2D eigenvalue weighted by Gasteiger charge is -2.25. The summed E-state index contributed by atoms with van der Waals surface area (Å²) >= 11 is 0. The molecule has 0 radical (unpaired) electrons. The van der Waals surface area contributed by atoms with Gasteiger partial charge in [-0.3, -0.25) is 0 Å². The Bertz CT molecular complexity index is 175. The Morgan fingerprint density at radius 3 is 2.21 bits per heavy atom. The molecule has 0 N–H and O–H groups in total. The number of nitrogens with zero attached hydrogens (tertiary/aromatic N) is 1. The molecular weight excluding hydrogens is 198 g/mol. The van der Waals surface area contributed by atoms with Crippen LogP contribution in [0.1, 0.15) is 20.3 Å². The Kier molecular flexibility index (Phi) is 7.48. The van der Waals surface area contributed by atoms with E-state index in [1.54, 1.807) is 6.26 Å². The molecule has 0 aromatic heterocycles. The zero-order valence-corrected chi connectivity index (χ0v) is 10.2. The van der Waals surface area contributed by atoms with Gasteiger partial charge in [0.1, 0.15) is 6.61 Å². The van der Waals surface area contributed by atoms with E-state index in [-0.39, 0.29) is 0 Å². The second kappa shape index (κ2) is 7.80. The first-order valence-electron chi connectivity index (χ1n) is 4.97. The van der Waals surface area contributed by atoms with E-state index in [9.17, 15) is 0 Å². The molecule has 0 spiro atoms. The van der Waals surface area contributed by atoms with Crippen LogP contribution >= 0.6 is 0 Å². The van der Waals surface area contributed by atoms with Crippen LogP contribution in [-0.2, 0) is 13.6 Å². The summed E-state index contributed by atoms with van der Waals surface area (Å²) in [5, 5.41) is 8.18. The van der Waals surface area contributed by atoms with Crippen molar-refractivity contribution in [3.63, 3.8) is 0 Å². The van der Waals surface area contributed by atoms with Crippen molar-refractivity contribution < 1.29 is 13.6 Å². The van der Waals surface area contributed by atoms with Crippen LogP contribution in [0, 0.1) is 11.5 Å². The molecule has 0 saturated heterocycles. The third kappa shape index (κ3) is 5.97. The molecule has 0 atom stereocenters. The van der Waals surface area contributed by atoms with Crippen molar-refractivity contribution in [2.75, 3.05) is 19.8 Å². The largest absolute Gasteiger partial charge is 0.428 e. The molecule has 0 aromatic carbocycles. The molecule has 14 heavy (non-hydrogen) atoms. The predicted octanol–water partition coefficient (Wildman–Crippen LogP) is 2.02. The minimum Gasteiger partial charge on any atom is -0.428 e. The van der Waals surface area contributed by atoms with Crippen LogP contribution in [-0.4, -0.2) is 28.4 Å². The highest BCUT2D eigenvalue weighted by molar-refractivity contribution is 6.66. The van der Waals surface area contributed by atoms with Gasteiger partial charge in [0.25, 0.3) is 6.26 Å². The molecule has 0 fully saturated rings. The summed E-state index contributed by atoms with van der Waals surface area (Å²) in [6, 6.07) is 0.871. The van der Waals surface area contributed by atoms with Crippen molar-refractivity contribution in [2.45, 2.75) is 32.9 Å². The van der Waals surface area contributed by atoms with Crippen molar-refractivity contribution in [1.29, 1.82) is 5.26 Å². The molecule has 0 aliphatic heterocycles. The van der Waals surface area contributed by atoms with Gasteiger partial charge in [0.15, 0.2) is 0 Å². The van der Waals surface area contributed by atoms with E-state index in [1.807, 2.05) is 20.4 Å². The molecule has 5 heteroatoms. The van der Waals surface area contributed by atoms with Gasteiger partial charge in [0, 0.05) is 13.2 Å². The highest BCUT2D eigenvalue weighted by atomic mass is 28.4. The first-order chi connectivity index (χ1) is 6.68. The molecule has 0 heterocycles. The second-order valence-electron chi connectivity index (χ2n) is 3.04. The van der Waals surface area contributed by atoms with Crippen LogP contribution in [0.25, 0.3) is 0 Å². The van der Waals surface area contributed by atoms with Crippen molar-refractivity contribution in [3.8, 4) is 6.26 Å². The third-order valence-electron chi connectivity index (χ3n) is 1.84. The Morgan fingerprint density at radius 1 is 1.21 bits per heavy atom. The van der Waals surface area contributed by atoms with Gasteiger partial charge in [-0.1, -0.05) is 0 Å². The van der Waals surface area contributed by atoms with E-state index >= 15 is 0 Å². The second-order valence-corrected chi connectivity index (χ2v) is 6.39. The molecular formula is C9H19NO3Si. The maximum atomic E-state index is 8.18. The highest BCUT2D eigenvalue weighted by Gasteiger charge is 2.29. The van der Waals surface area contributed by atoms with Gasteiger partial charge < -0.3 is 13.6 Å². The van der Waals surface area contributed by atoms with Crippen LogP contribution in [0.2, 0.25) is 12.6 Å². The summed E-state index contributed by atoms with van der Waals surface area (Å²) in [4.78, 5) is 0. The van der Waals surface area contributed by atoms with Crippen LogP contribution in [0.3, 0.4) is 0 Å². The Labute approximate surface area is 87.0 Å². The summed E-state index contributed by atoms with van der Waals surface area (Å²) in [5.74, 6) is 0. The number of rotatable bonds is 8. The molecule has 0 aromatic rings. The van der Waals surface area contributed by atoms with Gasteiger partial charge in [0.05, 0.1) is 0 Å². The smallest absolute Gasteiger partial charge is 0.335 e. The number of ether oxygens (including phenoxy) is 1. The standard InChI is InChI=1S/C9H19NO3Si/c1-4-12-14(3,13-5-2)8-6-7-11-9-10/h4-8H2,1-3H3. The van der Waals surface area contributed by atoms with E-state index in [1.165, 1.54) is 0 Å². The van der Waals surface area contributed by atoms with Crippen molar-refractivity contribution in [3.05, 3.63) is 0 Å². The SMILES string of the molecule is CCO[Si](C)(CCCOC#N)OCC. The van der Waals surface area contributed by atoms with Crippen LogP contribution in [0.5, 0.6) is 0 Å². The Morgan fingerprint density at radius 2 is 1.79 bits per heavy atom. The molecule has 4 nitrogen and oxygen atoms in total. The van der Waals surface area contributed by atoms with Gasteiger partial charge in [0.2, 0.25) is 0 Å². The predicted molar refractivity (Wildman–Crippen MR) is 55.9 cm³/mol. The van der Waals surface area contributed by atoms with E-state index in [0.29, 0.717) is 19.8 Å². The Balaban J connectivity index is 3.78. The van der Waals surface area contributed by atoms with E-state index in [0.717, 1.165) is 12.5 Å². The van der Waals surface area contributed by atoms with Crippen molar-refractivity contribution in [1.82, 2.24) is 0 Å². The third-order valence-corrected chi connectivity index (χ3v) is 4.90. The normalized spacial score (nSPS) is 11.0. The zero-order valence-electron chi connectivity index (χ0n) is 9.21. The number of hydrogen-bond acceptors (Lipinski definition) is 4. The lowest BCUT2D eigenvalue weighted by molar-refractivity contribution is 0.183. The fourth-order valence-electron chi connectivity index (χ4n) is 1.31. The molecule has 82 valence electrons. The summed E-state index contributed by atoms with van der Waals surface area (Å²) in [7, 11) is -1.99. The minimum absolute atomic E-state index is 0.458. The van der Waals surface area contributed by atoms with Crippen LogP contribution in [0.4, 0.5) is 0 Å². The van der Waals surface area contributed by atoms with Gasteiger partial charge >= 0.3 is 8.56 Å². The topological polar surface area (TPSA) is 51.5 Å². The zero-order chi connectivity index (χ0) is 10.9. The van der Waals surface area contributed by atoms with E-state index in [2.05, 4.69) is 4.74 Å². The van der Waals surface area contributed by atoms with Gasteiger partial charge in [-0.05, 0) is 32.9 Å². The lowest BCUT2D eigenvalue weighted by Crippen LogP contribution is -2.38. The maximum absolute atomic E-state index is 8.18. The fraction of sp³-hybridized carbons (Fsp3) is 0.889. The lowest BCUT2D eigenvalue weighted by atomic mass is 10.5. The van der Waals surface area contributed by atoms with Crippen LogP contribution in [0.15, 0.2) is 0 Å². The quantitative estimate of drug-likeness (QED) is 0.354. The van der Waals surface area contributed by atoms with Crippen LogP contribution < -0.4 is 0 Å². The maximum Gasteiger partial charge on any atom is 0.335 e. The molecule has 0 unspecified atom stereocenters. The van der Waals surface area contributed by atoms with Crippen molar-refractivity contribution in [2.24, 2.45) is 0 Å². The summed E-state index contributed by atoms with van der Waals surface area (Å²) < 4.78 is 15.9. The average Bonchev–Trinajstić information content (AvgIpc) is 2.13. The highest BCUT2D eigenvalue weighted by Crippen LogP contribution is 2.15.